The molecule has 0 aromatic heterocycles. The van der Waals surface area contributed by atoms with Crippen molar-refractivity contribution in [2.24, 2.45) is 17.3 Å². The van der Waals surface area contributed by atoms with Gasteiger partial charge in [-0.1, -0.05) is 19.8 Å². The molecule has 0 unspecified atom stereocenters. The highest BCUT2D eigenvalue weighted by Gasteiger charge is 2.41. The Morgan fingerprint density at radius 1 is 0.950 bits per heavy atom. The maximum Gasteiger partial charge on any atom is 0.115 e. The van der Waals surface area contributed by atoms with Gasteiger partial charge in [0.2, 0.25) is 0 Å². The number of rotatable bonds is 8. The zero-order valence-corrected chi connectivity index (χ0v) is 14.9. The van der Waals surface area contributed by atoms with Gasteiger partial charge >= 0.3 is 0 Å². The van der Waals surface area contributed by atoms with Crippen molar-refractivity contribution in [3.8, 4) is 0 Å². The van der Waals surface area contributed by atoms with Crippen molar-refractivity contribution in [2.75, 3.05) is 27.4 Å². The zero-order valence-electron chi connectivity index (χ0n) is 13.4. The second-order valence-electron chi connectivity index (χ2n) is 6.76. The summed E-state index contributed by atoms with van der Waals surface area (Å²) in [5.74, 6) is 1.50. The first-order chi connectivity index (χ1) is 9.33. The zero-order chi connectivity index (χ0) is 15.2. The summed E-state index contributed by atoms with van der Waals surface area (Å²) in [7, 11) is 3.55. The van der Waals surface area contributed by atoms with Gasteiger partial charge in [0.15, 0.2) is 0 Å². The van der Waals surface area contributed by atoms with E-state index in [0.29, 0.717) is 5.92 Å². The average Bonchev–Trinajstić information content (AvgIpc) is 2.36. The molecular weight excluding hydrogens is 295 g/mol. The second-order valence-corrected chi connectivity index (χ2v) is 8.62. The maximum atomic E-state index is 6.19. The molecule has 120 valence electrons. The summed E-state index contributed by atoms with van der Waals surface area (Å²) in [6.45, 7) is 5.66. The van der Waals surface area contributed by atoms with Gasteiger partial charge in [-0.25, -0.2) is 0 Å². The minimum Gasteiger partial charge on any atom is -0.384 e. The smallest absolute Gasteiger partial charge is 0.115 e. The molecule has 0 aromatic carbocycles. The van der Waals surface area contributed by atoms with Crippen LogP contribution in [0.3, 0.4) is 0 Å². The van der Waals surface area contributed by atoms with E-state index in [2.05, 4.69) is 6.92 Å². The number of halogens is 2. The SMILES string of the molecule is COCC(CCC(C)(Cl)Cl)(COC)C1CCC(C)CC1. The van der Waals surface area contributed by atoms with Crippen molar-refractivity contribution >= 4 is 23.2 Å². The van der Waals surface area contributed by atoms with E-state index in [0.717, 1.165) is 32.0 Å². The molecule has 20 heavy (non-hydrogen) atoms. The molecule has 0 spiro atoms. The van der Waals surface area contributed by atoms with E-state index in [1.165, 1.54) is 25.7 Å². The van der Waals surface area contributed by atoms with Crippen molar-refractivity contribution in [2.45, 2.75) is 56.7 Å². The predicted octanol–water partition coefficient (Wildman–Crippen LogP) is 5.07. The van der Waals surface area contributed by atoms with E-state index in [9.17, 15) is 0 Å². The summed E-state index contributed by atoms with van der Waals surface area (Å²) < 4.78 is 10.4. The average molecular weight is 325 g/mol. The highest BCUT2D eigenvalue weighted by atomic mass is 35.5. The Labute approximate surface area is 134 Å². The monoisotopic (exact) mass is 324 g/mol. The highest BCUT2D eigenvalue weighted by Crippen LogP contribution is 2.45. The van der Waals surface area contributed by atoms with Gasteiger partial charge in [0, 0.05) is 19.6 Å². The molecule has 2 nitrogen and oxygen atoms in total. The molecule has 1 aliphatic carbocycles. The molecule has 4 heteroatoms. The van der Waals surface area contributed by atoms with E-state index in [-0.39, 0.29) is 5.41 Å². The summed E-state index contributed by atoms with van der Waals surface area (Å²) in [6, 6.07) is 0. The Kier molecular flexibility index (Phi) is 7.62. The van der Waals surface area contributed by atoms with Gasteiger partial charge in [0.1, 0.15) is 4.33 Å². The summed E-state index contributed by atoms with van der Waals surface area (Å²) in [4.78, 5) is 0. The molecule has 0 N–H and O–H groups in total. The first-order valence-electron chi connectivity index (χ1n) is 7.69. The van der Waals surface area contributed by atoms with E-state index >= 15 is 0 Å². The third kappa shape index (κ3) is 5.71. The molecule has 0 atom stereocenters. The Hall–Kier alpha value is 0.500. The van der Waals surface area contributed by atoms with E-state index in [1.54, 1.807) is 14.2 Å². The van der Waals surface area contributed by atoms with Crippen LogP contribution in [0.2, 0.25) is 0 Å². The third-order valence-electron chi connectivity index (χ3n) is 4.81. The van der Waals surface area contributed by atoms with E-state index in [4.69, 9.17) is 32.7 Å². The van der Waals surface area contributed by atoms with Crippen molar-refractivity contribution in [3.63, 3.8) is 0 Å². The van der Waals surface area contributed by atoms with Crippen LogP contribution in [0.4, 0.5) is 0 Å². The van der Waals surface area contributed by atoms with Crippen LogP contribution in [0.1, 0.15) is 52.4 Å². The molecule has 1 rings (SSSR count). The Balaban J connectivity index is 2.80. The quantitative estimate of drug-likeness (QED) is 0.580. The minimum absolute atomic E-state index is 0.0503. The van der Waals surface area contributed by atoms with Crippen LogP contribution in [0.15, 0.2) is 0 Å². The predicted molar refractivity (Wildman–Crippen MR) is 86.7 cm³/mol. The van der Waals surface area contributed by atoms with Crippen molar-refractivity contribution in [1.82, 2.24) is 0 Å². The van der Waals surface area contributed by atoms with Gasteiger partial charge < -0.3 is 9.47 Å². The van der Waals surface area contributed by atoms with Gasteiger partial charge in [0.05, 0.1) is 13.2 Å². The Morgan fingerprint density at radius 3 is 1.85 bits per heavy atom. The van der Waals surface area contributed by atoms with Crippen molar-refractivity contribution < 1.29 is 9.47 Å². The van der Waals surface area contributed by atoms with Gasteiger partial charge in [0.25, 0.3) is 0 Å². The van der Waals surface area contributed by atoms with Gasteiger partial charge in [-0.05, 0) is 44.4 Å². The lowest BCUT2D eigenvalue weighted by Crippen LogP contribution is -2.42. The number of methoxy groups -OCH3 is 2. The summed E-state index contributed by atoms with van der Waals surface area (Å²) in [5, 5.41) is 0. The fraction of sp³-hybridized carbons (Fsp3) is 1.00. The first kappa shape index (κ1) is 18.5. The highest BCUT2D eigenvalue weighted by molar-refractivity contribution is 6.48. The summed E-state index contributed by atoms with van der Waals surface area (Å²) in [5.41, 5.74) is 0.0503. The van der Waals surface area contributed by atoms with Crippen LogP contribution in [-0.4, -0.2) is 31.8 Å². The fourth-order valence-electron chi connectivity index (χ4n) is 3.54. The third-order valence-corrected chi connectivity index (χ3v) is 5.19. The molecule has 0 bridgehead atoms. The first-order valence-corrected chi connectivity index (χ1v) is 8.44. The molecule has 0 saturated heterocycles. The van der Waals surface area contributed by atoms with Crippen LogP contribution < -0.4 is 0 Å². The molecular formula is C16H30Cl2O2. The Bertz CT molecular complexity index is 262. The molecule has 1 fully saturated rings. The lowest BCUT2D eigenvalue weighted by molar-refractivity contribution is -0.0510. The van der Waals surface area contributed by atoms with Crippen LogP contribution in [0.25, 0.3) is 0 Å². The van der Waals surface area contributed by atoms with Crippen LogP contribution in [0, 0.1) is 17.3 Å². The van der Waals surface area contributed by atoms with Crippen molar-refractivity contribution in [1.29, 1.82) is 0 Å². The molecule has 1 saturated carbocycles. The van der Waals surface area contributed by atoms with E-state index in [1.807, 2.05) is 6.92 Å². The second kappa shape index (κ2) is 8.22. The number of hydrogen-bond acceptors (Lipinski definition) is 2. The Morgan fingerprint density at radius 2 is 1.45 bits per heavy atom. The molecule has 0 aliphatic heterocycles. The van der Waals surface area contributed by atoms with Crippen LogP contribution in [0.5, 0.6) is 0 Å². The van der Waals surface area contributed by atoms with Crippen LogP contribution in [-0.2, 0) is 9.47 Å². The van der Waals surface area contributed by atoms with Crippen molar-refractivity contribution in [3.05, 3.63) is 0 Å². The summed E-state index contributed by atoms with van der Waals surface area (Å²) >= 11 is 12.4. The van der Waals surface area contributed by atoms with Gasteiger partial charge in [-0.3, -0.25) is 0 Å². The lowest BCUT2D eigenvalue weighted by Gasteiger charge is -2.43. The van der Waals surface area contributed by atoms with E-state index < -0.39 is 4.33 Å². The number of alkyl halides is 2. The largest absolute Gasteiger partial charge is 0.384 e. The molecule has 0 amide bonds. The minimum atomic E-state index is -0.672. The topological polar surface area (TPSA) is 18.5 Å². The molecule has 1 aliphatic rings. The maximum absolute atomic E-state index is 6.19. The summed E-state index contributed by atoms with van der Waals surface area (Å²) in [6.07, 6.45) is 6.86. The number of ether oxygens (including phenoxy) is 2. The molecule has 0 radical (unpaired) electrons. The molecule has 0 aromatic rings. The van der Waals surface area contributed by atoms with Crippen LogP contribution >= 0.6 is 23.2 Å². The molecule has 0 heterocycles. The lowest BCUT2D eigenvalue weighted by atomic mass is 9.65. The van der Waals surface area contributed by atoms with Gasteiger partial charge in [-0.2, -0.15) is 0 Å². The fourth-order valence-corrected chi connectivity index (χ4v) is 3.73. The number of hydrogen-bond donors (Lipinski definition) is 0. The standard InChI is InChI=1S/C16H30Cl2O2/c1-13-5-7-14(8-6-13)16(11-19-3,12-20-4)10-9-15(2,17)18/h13-14H,5-12H2,1-4H3. The van der Waals surface area contributed by atoms with Gasteiger partial charge in [-0.15, -0.1) is 23.2 Å². The normalized spacial score (nSPS) is 24.9.